The molecule has 0 aliphatic carbocycles. The lowest BCUT2D eigenvalue weighted by molar-refractivity contribution is -0.143. The van der Waals surface area contributed by atoms with Crippen LogP contribution in [0.4, 0.5) is 32.2 Å². The molecule has 2 heterocycles. The molecule has 0 bridgehead atoms. The molecule has 3 atom stereocenters. The van der Waals surface area contributed by atoms with E-state index in [2.05, 4.69) is 21.7 Å². The Labute approximate surface area is 193 Å². The number of hydrogen-bond acceptors (Lipinski definition) is 5. The SMILES string of the molecule is C[C@@H](OC[C@@]1(C)CC[C@H](Nc2ncccc2C#N)CN1)c1cc(C(F)(F)F)cc(C(F)(F)F)c1. The van der Waals surface area contributed by atoms with Crippen LogP contribution in [-0.2, 0) is 17.1 Å². The molecule has 3 rings (SSSR count). The van der Waals surface area contributed by atoms with Crippen LogP contribution >= 0.6 is 0 Å². The molecule has 1 aromatic carbocycles. The lowest BCUT2D eigenvalue weighted by atomic mass is 9.89. The van der Waals surface area contributed by atoms with Crippen molar-refractivity contribution in [1.82, 2.24) is 10.3 Å². The van der Waals surface area contributed by atoms with E-state index < -0.39 is 35.1 Å². The van der Waals surface area contributed by atoms with Gasteiger partial charge in [-0.25, -0.2) is 4.98 Å². The minimum atomic E-state index is -4.91. The standard InChI is InChI=1S/C23H24F6N4O/c1-14(16-8-17(22(24,25)26)10-18(9-16)23(27,28)29)34-13-21(2)6-5-19(12-32-21)33-20-15(11-30)4-3-7-31-20/h3-4,7-10,14,19,32H,5-6,12-13H2,1-2H3,(H,31,33)/t14-,19+,21-/m1/s1. The average molecular weight is 486 g/mol. The van der Waals surface area contributed by atoms with Crippen LogP contribution in [0.3, 0.4) is 0 Å². The highest BCUT2D eigenvalue weighted by atomic mass is 19.4. The molecule has 34 heavy (non-hydrogen) atoms. The van der Waals surface area contributed by atoms with Crippen LogP contribution in [0.25, 0.3) is 0 Å². The Hall–Kier alpha value is -2.84. The van der Waals surface area contributed by atoms with Crippen LogP contribution in [0, 0.1) is 11.3 Å². The van der Waals surface area contributed by atoms with E-state index in [1.807, 2.05) is 6.92 Å². The van der Waals surface area contributed by atoms with Crippen LogP contribution in [0.5, 0.6) is 0 Å². The van der Waals surface area contributed by atoms with Crippen molar-refractivity contribution in [2.75, 3.05) is 18.5 Å². The zero-order chi connectivity index (χ0) is 25.1. The van der Waals surface area contributed by atoms with Crippen LogP contribution < -0.4 is 10.6 Å². The Morgan fingerprint density at radius 3 is 2.38 bits per heavy atom. The second kappa shape index (κ2) is 9.80. The number of anilines is 1. The molecular formula is C23H24F6N4O. The minimum Gasteiger partial charge on any atom is -0.372 e. The molecule has 1 saturated heterocycles. The maximum atomic E-state index is 13.1. The Bertz CT molecular complexity index is 1010. The van der Waals surface area contributed by atoms with Crippen molar-refractivity contribution in [2.45, 2.75) is 56.7 Å². The van der Waals surface area contributed by atoms with Crippen molar-refractivity contribution in [3.63, 3.8) is 0 Å². The summed E-state index contributed by atoms with van der Waals surface area (Å²) in [6.07, 6.45) is -7.89. The van der Waals surface area contributed by atoms with Gasteiger partial charge in [-0.05, 0) is 62.6 Å². The molecule has 2 N–H and O–H groups in total. The molecule has 5 nitrogen and oxygen atoms in total. The van der Waals surface area contributed by atoms with Gasteiger partial charge in [-0.2, -0.15) is 31.6 Å². The van der Waals surface area contributed by atoms with E-state index in [0.717, 1.165) is 0 Å². The number of hydrogen-bond donors (Lipinski definition) is 2. The first-order valence-corrected chi connectivity index (χ1v) is 10.6. The van der Waals surface area contributed by atoms with Gasteiger partial charge in [0.15, 0.2) is 0 Å². The summed E-state index contributed by atoms with van der Waals surface area (Å²) in [5.74, 6) is 0.482. The zero-order valence-corrected chi connectivity index (χ0v) is 18.5. The van der Waals surface area contributed by atoms with Gasteiger partial charge in [-0.15, -0.1) is 0 Å². The maximum Gasteiger partial charge on any atom is 0.416 e. The number of nitrogens with one attached hydrogen (secondary N) is 2. The van der Waals surface area contributed by atoms with E-state index in [4.69, 9.17) is 4.74 Å². The predicted molar refractivity (Wildman–Crippen MR) is 113 cm³/mol. The van der Waals surface area contributed by atoms with Gasteiger partial charge in [0.25, 0.3) is 0 Å². The molecule has 1 aromatic heterocycles. The van der Waals surface area contributed by atoms with Gasteiger partial charge >= 0.3 is 12.4 Å². The molecule has 1 fully saturated rings. The van der Waals surface area contributed by atoms with Crippen LogP contribution in [0.2, 0.25) is 0 Å². The lowest BCUT2D eigenvalue weighted by Gasteiger charge is -2.39. The highest BCUT2D eigenvalue weighted by molar-refractivity contribution is 5.51. The number of rotatable bonds is 6. The molecule has 1 aliphatic heterocycles. The molecular weight excluding hydrogens is 462 g/mol. The zero-order valence-electron chi connectivity index (χ0n) is 18.5. The number of nitrogens with zero attached hydrogens (tertiary/aromatic N) is 2. The summed E-state index contributed by atoms with van der Waals surface area (Å²) < 4.78 is 84.5. The average Bonchev–Trinajstić information content (AvgIpc) is 2.78. The first-order chi connectivity index (χ1) is 15.8. The van der Waals surface area contributed by atoms with Crippen molar-refractivity contribution in [3.8, 4) is 6.07 Å². The summed E-state index contributed by atoms with van der Waals surface area (Å²) in [5, 5.41) is 15.7. The first kappa shape index (κ1) is 25.8. The second-order valence-electron chi connectivity index (χ2n) is 8.63. The van der Waals surface area contributed by atoms with Crippen molar-refractivity contribution in [1.29, 1.82) is 5.26 Å². The largest absolute Gasteiger partial charge is 0.416 e. The summed E-state index contributed by atoms with van der Waals surface area (Å²) in [6.45, 7) is 3.91. The number of piperidine rings is 1. The Morgan fingerprint density at radius 1 is 1.21 bits per heavy atom. The number of alkyl halides is 6. The van der Waals surface area contributed by atoms with E-state index in [1.54, 1.807) is 18.3 Å². The van der Waals surface area contributed by atoms with Gasteiger partial charge in [0.05, 0.1) is 29.4 Å². The third-order valence-electron chi connectivity index (χ3n) is 5.82. The third kappa shape index (κ3) is 6.39. The Morgan fingerprint density at radius 2 is 1.85 bits per heavy atom. The molecule has 2 aromatic rings. The summed E-state index contributed by atoms with van der Waals surface area (Å²) >= 11 is 0. The van der Waals surface area contributed by atoms with E-state index >= 15 is 0 Å². The number of benzene rings is 1. The summed E-state index contributed by atoms with van der Waals surface area (Å²) in [6, 6.07) is 6.87. The van der Waals surface area contributed by atoms with Crippen LogP contribution in [0.15, 0.2) is 36.5 Å². The summed E-state index contributed by atoms with van der Waals surface area (Å²) in [4.78, 5) is 4.18. The van der Waals surface area contributed by atoms with Gasteiger partial charge in [0.2, 0.25) is 0 Å². The van der Waals surface area contributed by atoms with Crippen molar-refractivity contribution in [2.24, 2.45) is 0 Å². The minimum absolute atomic E-state index is 0.00897. The summed E-state index contributed by atoms with van der Waals surface area (Å²) in [5.41, 5.74) is -3.03. The smallest absolute Gasteiger partial charge is 0.372 e. The van der Waals surface area contributed by atoms with Gasteiger partial charge < -0.3 is 15.4 Å². The number of ether oxygens (including phenoxy) is 1. The van der Waals surface area contributed by atoms with Gasteiger partial charge in [-0.3, -0.25) is 0 Å². The van der Waals surface area contributed by atoms with Crippen molar-refractivity contribution < 1.29 is 31.1 Å². The molecule has 0 amide bonds. The van der Waals surface area contributed by atoms with Gasteiger partial charge in [-0.1, -0.05) is 0 Å². The fourth-order valence-corrected chi connectivity index (χ4v) is 3.72. The fourth-order valence-electron chi connectivity index (χ4n) is 3.72. The molecule has 0 unspecified atom stereocenters. The maximum absolute atomic E-state index is 13.1. The van der Waals surface area contributed by atoms with Crippen molar-refractivity contribution >= 4 is 5.82 Å². The quantitative estimate of drug-likeness (QED) is 0.514. The van der Waals surface area contributed by atoms with Gasteiger partial charge in [0.1, 0.15) is 11.9 Å². The monoisotopic (exact) mass is 486 g/mol. The molecule has 0 saturated carbocycles. The third-order valence-corrected chi connectivity index (χ3v) is 5.82. The van der Waals surface area contributed by atoms with E-state index in [9.17, 15) is 31.6 Å². The lowest BCUT2D eigenvalue weighted by Crippen LogP contribution is -2.55. The van der Waals surface area contributed by atoms with Gasteiger partial charge in [0, 0.05) is 24.3 Å². The second-order valence-corrected chi connectivity index (χ2v) is 8.63. The molecule has 1 aliphatic rings. The predicted octanol–water partition coefficient (Wildman–Crippen LogP) is 5.69. The Balaban J connectivity index is 1.63. The Kier molecular flexibility index (Phi) is 7.43. The van der Waals surface area contributed by atoms with E-state index in [-0.39, 0.29) is 24.3 Å². The molecule has 0 radical (unpaired) electrons. The van der Waals surface area contributed by atoms with Crippen LogP contribution in [0.1, 0.15) is 55.0 Å². The molecule has 184 valence electrons. The van der Waals surface area contributed by atoms with E-state index in [1.165, 1.54) is 6.92 Å². The highest BCUT2D eigenvalue weighted by Gasteiger charge is 2.38. The number of pyridine rings is 1. The summed E-state index contributed by atoms with van der Waals surface area (Å²) in [7, 11) is 0. The molecule has 0 spiro atoms. The number of nitriles is 1. The highest BCUT2D eigenvalue weighted by Crippen LogP contribution is 2.38. The van der Waals surface area contributed by atoms with Crippen LogP contribution in [-0.4, -0.2) is 29.7 Å². The number of halogens is 6. The molecule has 11 heteroatoms. The normalized spacial score (nSPS) is 22.1. The van der Waals surface area contributed by atoms with E-state index in [0.29, 0.717) is 42.9 Å². The fraction of sp³-hybridized carbons (Fsp3) is 0.478. The van der Waals surface area contributed by atoms with Crippen molar-refractivity contribution in [3.05, 3.63) is 58.8 Å². The first-order valence-electron chi connectivity index (χ1n) is 10.6. The number of aromatic nitrogens is 1. The topological polar surface area (TPSA) is 70.0 Å².